The smallest absolute Gasteiger partial charge is 0.321 e. The third kappa shape index (κ3) is 3.83. The molecule has 2 heterocycles. The maximum atomic E-state index is 12.6. The number of nitrogens with one attached hydrogen (secondary N) is 1. The molecule has 1 saturated heterocycles. The van der Waals surface area contributed by atoms with Crippen LogP contribution in [0.1, 0.15) is 23.6 Å². The van der Waals surface area contributed by atoms with Gasteiger partial charge < -0.3 is 15.1 Å². The van der Waals surface area contributed by atoms with Crippen molar-refractivity contribution in [2.24, 2.45) is 0 Å². The molecule has 5 nitrogen and oxygen atoms in total. The minimum Gasteiger partial charge on any atom is -0.345 e. The van der Waals surface area contributed by atoms with Crippen LogP contribution in [0.3, 0.4) is 0 Å². The fourth-order valence-corrected chi connectivity index (χ4v) is 4.52. The van der Waals surface area contributed by atoms with Crippen LogP contribution in [0.4, 0.5) is 15.6 Å². The highest BCUT2D eigenvalue weighted by atomic mass is 32.1. The molecule has 0 spiro atoms. The summed E-state index contributed by atoms with van der Waals surface area (Å²) >= 11 is 1.74. The molecule has 4 rings (SSSR count). The van der Waals surface area contributed by atoms with Crippen LogP contribution < -0.4 is 10.2 Å². The summed E-state index contributed by atoms with van der Waals surface area (Å²) in [6.07, 6.45) is 1.04. The summed E-state index contributed by atoms with van der Waals surface area (Å²) in [6, 6.07) is 12.5. The third-order valence-electron chi connectivity index (χ3n) is 5.45. The maximum Gasteiger partial charge on any atom is 0.321 e. The summed E-state index contributed by atoms with van der Waals surface area (Å²) in [5.41, 5.74) is 5.68. The Morgan fingerprint density at radius 1 is 1.07 bits per heavy atom. The van der Waals surface area contributed by atoms with Gasteiger partial charge in [-0.05, 0) is 61.2 Å². The fourth-order valence-electron chi connectivity index (χ4n) is 3.43. The van der Waals surface area contributed by atoms with E-state index in [0.717, 1.165) is 35.8 Å². The van der Waals surface area contributed by atoms with E-state index in [1.165, 1.54) is 21.4 Å². The number of hydrogen-bond donors (Lipinski definition) is 1. The number of aromatic nitrogens is 1. The van der Waals surface area contributed by atoms with Crippen LogP contribution in [-0.4, -0.2) is 42.1 Å². The van der Waals surface area contributed by atoms with Crippen molar-refractivity contribution in [1.82, 2.24) is 9.88 Å². The van der Waals surface area contributed by atoms with Crippen LogP contribution in [0.25, 0.3) is 10.2 Å². The zero-order valence-corrected chi connectivity index (χ0v) is 17.5. The van der Waals surface area contributed by atoms with E-state index in [2.05, 4.69) is 49.2 Å². The number of fused-ring (bicyclic) bond motifs is 1. The Kier molecular flexibility index (Phi) is 5.22. The van der Waals surface area contributed by atoms with Gasteiger partial charge in [-0.25, -0.2) is 9.78 Å². The average molecular weight is 395 g/mol. The topological polar surface area (TPSA) is 48.5 Å². The number of urea groups is 1. The Bertz CT molecular complexity index is 1000. The van der Waals surface area contributed by atoms with Gasteiger partial charge in [0, 0.05) is 31.9 Å². The van der Waals surface area contributed by atoms with Crippen molar-refractivity contribution in [1.29, 1.82) is 0 Å². The van der Waals surface area contributed by atoms with E-state index < -0.39 is 0 Å². The molecule has 6 heteroatoms. The van der Waals surface area contributed by atoms with E-state index in [-0.39, 0.29) is 6.03 Å². The quantitative estimate of drug-likeness (QED) is 0.692. The molecule has 0 aliphatic carbocycles. The van der Waals surface area contributed by atoms with Crippen molar-refractivity contribution < 1.29 is 4.79 Å². The highest BCUT2D eigenvalue weighted by molar-refractivity contribution is 7.22. The lowest BCUT2D eigenvalue weighted by atomic mass is 10.1. The largest absolute Gasteiger partial charge is 0.345 e. The molecule has 1 aliphatic rings. The van der Waals surface area contributed by atoms with Crippen molar-refractivity contribution in [3.63, 3.8) is 0 Å². The second kappa shape index (κ2) is 7.80. The van der Waals surface area contributed by atoms with Crippen molar-refractivity contribution in [3.05, 3.63) is 53.1 Å². The molecule has 146 valence electrons. The first kappa shape index (κ1) is 18.7. The Hall–Kier alpha value is -2.60. The van der Waals surface area contributed by atoms with E-state index in [4.69, 9.17) is 4.98 Å². The summed E-state index contributed by atoms with van der Waals surface area (Å²) in [4.78, 5) is 21.6. The zero-order chi connectivity index (χ0) is 19.7. The molecular formula is C22H26N4OS. The van der Waals surface area contributed by atoms with Crippen molar-refractivity contribution in [2.75, 3.05) is 36.4 Å². The van der Waals surface area contributed by atoms with Crippen LogP contribution in [0.15, 0.2) is 36.4 Å². The molecule has 1 aliphatic heterocycles. The minimum atomic E-state index is -0.0280. The average Bonchev–Trinajstić information content (AvgIpc) is 3.14. The van der Waals surface area contributed by atoms with Crippen LogP contribution in [0.5, 0.6) is 0 Å². The second-order valence-corrected chi connectivity index (χ2v) is 8.36. The van der Waals surface area contributed by atoms with Gasteiger partial charge in [0.15, 0.2) is 5.13 Å². The van der Waals surface area contributed by atoms with Crippen LogP contribution >= 0.6 is 11.3 Å². The Morgan fingerprint density at radius 2 is 1.86 bits per heavy atom. The maximum absolute atomic E-state index is 12.6. The summed E-state index contributed by atoms with van der Waals surface area (Å²) in [6.45, 7) is 9.32. The monoisotopic (exact) mass is 394 g/mol. The lowest BCUT2D eigenvalue weighted by Crippen LogP contribution is -2.50. The number of carbonyl (C=O) groups is 1. The lowest BCUT2D eigenvalue weighted by Gasteiger charge is -2.34. The predicted molar refractivity (Wildman–Crippen MR) is 118 cm³/mol. The van der Waals surface area contributed by atoms with Crippen molar-refractivity contribution >= 4 is 38.4 Å². The molecule has 0 atom stereocenters. The number of piperazine rings is 1. The predicted octanol–water partition coefficient (Wildman–Crippen LogP) is 4.83. The van der Waals surface area contributed by atoms with E-state index >= 15 is 0 Å². The van der Waals surface area contributed by atoms with Gasteiger partial charge in [-0.15, -0.1) is 0 Å². The number of amides is 2. The number of hydrogen-bond acceptors (Lipinski definition) is 4. The summed E-state index contributed by atoms with van der Waals surface area (Å²) in [5.74, 6) is 0. The molecule has 0 saturated carbocycles. The Balaban J connectivity index is 1.38. The lowest BCUT2D eigenvalue weighted by molar-refractivity contribution is 0.208. The number of aryl methyl sites for hydroxylation is 3. The summed E-state index contributed by atoms with van der Waals surface area (Å²) in [5, 5.41) is 4.08. The van der Waals surface area contributed by atoms with Gasteiger partial charge in [0.25, 0.3) is 0 Å². The molecule has 0 radical (unpaired) electrons. The molecule has 28 heavy (non-hydrogen) atoms. The van der Waals surface area contributed by atoms with E-state index in [1.807, 2.05) is 23.1 Å². The molecule has 1 N–H and O–H groups in total. The molecule has 2 aromatic carbocycles. The summed E-state index contributed by atoms with van der Waals surface area (Å²) in [7, 11) is 0. The van der Waals surface area contributed by atoms with E-state index in [9.17, 15) is 4.79 Å². The van der Waals surface area contributed by atoms with E-state index in [1.54, 1.807) is 11.3 Å². The first-order valence-electron chi connectivity index (χ1n) is 9.81. The van der Waals surface area contributed by atoms with Crippen molar-refractivity contribution in [2.45, 2.75) is 27.2 Å². The standard InChI is InChI=1S/C22H26N4OS/c1-4-17-6-8-19-20(14-17)28-22(24-19)26-11-9-25(10-12-26)21(27)23-18-7-5-15(2)16(3)13-18/h5-8,13-14H,4,9-12H2,1-3H3,(H,23,27). The molecule has 2 amide bonds. The van der Waals surface area contributed by atoms with Gasteiger partial charge in [0.05, 0.1) is 10.2 Å². The SMILES string of the molecule is CCc1ccc2nc(N3CCN(C(=O)Nc4ccc(C)c(C)c4)CC3)sc2c1. The molecule has 1 aromatic heterocycles. The van der Waals surface area contributed by atoms with Gasteiger partial charge >= 0.3 is 6.03 Å². The van der Waals surface area contributed by atoms with E-state index in [0.29, 0.717) is 13.1 Å². The minimum absolute atomic E-state index is 0.0280. The van der Waals surface area contributed by atoms with Crippen LogP contribution in [-0.2, 0) is 6.42 Å². The van der Waals surface area contributed by atoms with Gasteiger partial charge in [0.1, 0.15) is 0 Å². The third-order valence-corrected chi connectivity index (χ3v) is 6.52. The number of thiazole rings is 1. The van der Waals surface area contributed by atoms with Crippen molar-refractivity contribution in [3.8, 4) is 0 Å². The Labute approximate surface area is 170 Å². The fraction of sp³-hybridized carbons (Fsp3) is 0.364. The van der Waals surface area contributed by atoms with Gasteiger partial charge in [-0.2, -0.15) is 0 Å². The molecule has 3 aromatic rings. The number of nitrogens with zero attached hydrogens (tertiary/aromatic N) is 3. The molecular weight excluding hydrogens is 368 g/mol. The molecule has 1 fully saturated rings. The van der Waals surface area contributed by atoms with Gasteiger partial charge in [-0.3, -0.25) is 0 Å². The van der Waals surface area contributed by atoms with Gasteiger partial charge in [0.2, 0.25) is 0 Å². The number of carbonyl (C=O) groups excluding carboxylic acids is 1. The number of benzene rings is 2. The highest BCUT2D eigenvalue weighted by Crippen LogP contribution is 2.30. The first-order chi connectivity index (χ1) is 13.5. The number of rotatable bonds is 3. The van der Waals surface area contributed by atoms with Crippen LogP contribution in [0.2, 0.25) is 0 Å². The molecule has 0 unspecified atom stereocenters. The normalized spacial score (nSPS) is 14.5. The highest BCUT2D eigenvalue weighted by Gasteiger charge is 2.23. The van der Waals surface area contributed by atoms with Gasteiger partial charge in [-0.1, -0.05) is 30.4 Å². The first-order valence-corrected chi connectivity index (χ1v) is 10.6. The molecule has 0 bridgehead atoms. The number of anilines is 2. The van der Waals surface area contributed by atoms with Crippen LogP contribution in [0, 0.1) is 13.8 Å². The second-order valence-electron chi connectivity index (χ2n) is 7.36. The Morgan fingerprint density at radius 3 is 2.57 bits per heavy atom. The summed E-state index contributed by atoms with van der Waals surface area (Å²) < 4.78 is 1.24. The zero-order valence-electron chi connectivity index (χ0n) is 16.7.